The number of fused-ring (bicyclic) bond motifs is 1. The first-order chi connectivity index (χ1) is 14.8. The number of benzene rings is 1. The van der Waals surface area contributed by atoms with Gasteiger partial charge in [0.15, 0.2) is 0 Å². The van der Waals surface area contributed by atoms with E-state index in [1.807, 2.05) is 6.07 Å². The van der Waals surface area contributed by atoms with Crippen LogP contribution in [-0.4, -0.2) is 65.0 Å². The second-order valence-electron chi connectivity index (χ2n) is 7.98. The molecule has 1 aromatic heterocycles. The summed E-state index contributed by atoms with van der Waals surface area (Å²) < 4.78 is 7.57. The minimum Gasteiger partial charge on any atom is -0.381 e. The number of amides is 1. The van der Waals surface area contributed by atoms with Gasteiger partial charge >= 0.3 is 0 Å². The van der Waals surface area contributed by atoms with Gasteiger partial charge in [-0.2, -0.15) is 0 Å². The number of carbonyl (C=O) groups excluding carboxylic acids is 1. The van der Waals surface area contributed by atoms with Gasteiger partial charge in [0.05, 0.1) is 0 Å². The topological polar surface area (TPSA) is 72.3 Å². The number of nitrogens with one attached hydrogen (secondary N) is 1. The maximum Gasteiger partial charge on any atom is 0.223 e. The van der Waals surface area contributed by atoms with Crippen molar-refractivity contribution in [3.63, 3.8) is 0 Å². The molecule has 30 heavy (non-hydrogen) atoms. The SMILES string of the molecule is O=C(NCCc1nnc2n1CCN(C/C=C/c1ccccc1)CC2)C1CCOCC1. The van der Waals surface area contributed by atoms with E-state index in [9.17, 15) is 4.79 Å². The minimum absolute atomic E-state index is 0.0896. The smallest absolute Gasteiger partial charge is 0.223 e. The summed E-state index contributed by atoms with van der Waals surface area (Å²) in [6.45, 7) is 5.77. The molecular formula is C23H31N5O2. The Bertz CT molecular complexity index is 843. The highest BCUT2D eigenvalue weighted by Crippen LogP contribution is 2.15. The van der Waals surface area contributed by atoms with Crippen LogP contribution in [0.15, 0.2) is 36.4 Å². The summed E-state index contributed by atoms with van der Waals surface area (Å²) >= 11 is 0. The fraction of sp³-hybridized carbons (Fsp3) is 0.522. The Morgan fingerprint density at radius 1 is 1.13 bits per heavy atom. The standard InChI is InChI=1S/C23H31N5O2/c29-23(20-10-17-30-18-11-20)24-12-8-21-25-26-22-9-14-27(15-16-28(21)22)13-4-7-19-5-2-1-3-6-19/h1-7,20H,8-18H2,(H,24,29)/b7-4+. The van der Waals surface area contributed by atoms with Gasteiger partial charge < -0.3 is 14.6 Å². The van der Waals surface area contributed by atoms with Crippen LogP contribution < -0.4 is 5.32 Å². The molecule has 0 aliphatic carbocycles. The Balaban J connectivity index is 1.24. The molecular weight excluding hydrogens is 378 g/mol. The van der Waals surface area contributed by atoms with Crippen molar-refractivity contribution in [2.24, 2.45) is 5.92 Å². The molecule has 1 aromatic carbocycles. The predicted molar refractivity (Wildman–Crippen MR) is 116 cm³/mol. The quantitative estimate of drug-likeness (QED) is 0.757. The third-order valence-electron chi connectivity index (χ3n) is 5.91. The molecule has 2 aliphatic heterocycles. The monoisotopic (exact) mass is 409 g/mol. The summed E-state index contributed by atoms with van der Waals surface area (Å²) in [5.41, 5.74) is 1.23. The van der Waals surface area contributed by atoms with Crippen molar-refractivity contribution in [1.29, 1.82) is 0 Å². The maximum atomic E-state index is 12.3. The van der Waals surface area contributed by atoms with E-state index in [1.165, 1.54) is 5.56 Å². The number of carbonyl (C=O) groups is 1. The molecule has 3 heterocycles. The van der Waals surface area contributed by atoms with Crippen molar-refractivity contribution >= 4 is 12.0 Å². The van der Waals surface area contributed by atoms with Crippen LogP contribution in [0.25, 0.3) is 6.08 Å². The van der Waals surface area contributed by atoms with Gasteiger partial charge in [0.1, 0.15) is 11.6 Å². The lowest BCUT2D eigenvalue weighted by molar-refractivity contribution is -0.127. The van der Waals surface area contributed by atoms with Gasteiger partial charge in [-0.05, 0) is 18.4 Å². The number of rotatable bonds is 7. The van der Waals surface area contributed by atoms with Gasteiger partial charge in [-0.15, -0.1) is 10.2 Å². The van der Waals surface area contributed by atoms with Gasteiger partial charge in [-0.1, -0.05) is 42.5 Å². The lowest BCUT2D eigenvalue weighted by Gasteiger charge is -2.21. The predicted octanol–water partition coefficient (Wildman–Crippen LogP) is 1.93. The van der Waals surface area contributed by atoms with Crippen LogP contribution in [0.1, 0.15) is 30.1 Å². The largest absolute Gasteiger partial charge is 0.381 e. The van der Waals surface area contributed by atoms with Crippen molar-refractivity contribution in [1.82, 2.24) is 25.0 Å². The molecule has 1 amide bonds. The van der Waals surface area contributed by atoms with Crippen LogP contribution in [0.2, 0.25) is 0 Å². The Morgan fingerprint density at radius 2 is 1.97 bits per heavy atom. The first kappa shape index (κ1) is 20.8. The number of ether oxygens (including phenoxy) is 1. The fourth-order valence-corrected chi connectivity index (χ4v) is 4.10. The molecule has 2 aromatic rings. The first-order valence-corrected chi connectivity index (χ1v) is 11.0. The summed E-state index contributed by atoms with van der Waals surface area (Å²) in [5.74, 6) is 2.26. The number of aromatic nitrogens is 3. The fourth-order valence-electron chi connectivity index (χ4n) is 4.10. The zero-order valence-corrected chi connectivity index (χ0v) is 17.5. The number of nitrogens with zero attached hydrogens (tertiary/aromatic N) is 4. The Labute approximate surface area is 178 Å². The summed E-state index contributed by atoms with van der Waals surface area (Å²) in [4.78, 5) is 14.7. The first-order valence-electron chi connectivity index (χ1n) is 11.0. The van der Waals surface area contributed by atoms with Crippen molar-refractivity contribution in [2.75, 3.05) is 39.4 Å². The summed E-state index contributed by atoms with van der Waals surface area (Å²) in [5, 5.41) is 11.9. The van der Waals surface area contributed by atoms with Crippen LogP contribution >= 0.6 is 0 Å². The van der Waals surface area contributed by atoms with Crippen LogP contribution in [-0.2, 0) is 28.9 Å². The zero-order chi connectivity index (χ0) is 20.6. The number of hydrogen-bond donors (Lipinski definition) is 1. The average molecular weight is 410 g/mol. The Kier molecular flexibility index (Phi) is 7.26. The highest BCUT2D eigenvalue weighted by atomic mass is 16.5. The molecule has 0 bridgehead atoms. The molecule has 0 unspecified atom stereocenters. The lowest BCUT2D eigenvalue weighted by Crippen LogP contribution is -2.35. The molecule has 0 spiro atoms. The molecule has 7 heteroatoms. The summed E-state index contributed by atoms with van der Waals surface area (Å²) in [6, 6.07) is 10.4. The molecule has 2 aliphatic rings. The highest BCUT2D eigenvalue weighted by molar-refractivity contribution is 5.78. The third-order valence-corrected chi connectivity index (χ3v) is 5.91. The second kappa shape index (κ2) is 10.5. The average Bonchev–Trinajstić information content (AvgIpc) is 3.06. The third kappa shape index (κ3) is 5.55. The van der Waals surface area contributed by atoms with E-state index < -0.39 is 0 Å². The maximum absolute atomic E-state index is 12.3. The van der Waals surface area contributed by atoms with Crippen LogP contribution in [0.4, 0.5) is 0 Å². The van der Waals surface area contributed by atoms with Crippen molar-refractivity contribution in [2.45, 2.75) is 32.2 Å². The molecule has 4 rings (SSSR count). The molecule has 1 fully saturated rings. The van der Waals surface area contributed by atoms with E-state index >= 15 is 0 Å². The molecule has 1 N–H and O–H groups in total. The Morgan fingerprint density at radius 3 is 2.80 bits per heavy atom. The van der Waals surface area contributed by atoms with Gasteiger partial charge in [0.25, 0.3) is 0 Å². The zero-order valence-electron chi connectivity index (χ0n) is 17.5. The molecule has 0 atom stereocenters. The summed E-state index contributed by atoms with van der Waals surface area (Å²) in [6.07, 6.45) is 7.67. The molecule has 160 valence electrons. The molecule has 0 radical (unpaired) electrons. The van der Waals surface area contributed by atoms with Crippen LogP contribution in [0.5, 0.6) is 0 Å². The van der Waals surface area contributed by atoms with E-state index in [0.29, 0.717) is 19.8 Å². The molecule has 0 saturated carbocycles. The van der Waals surface area contributed by atoms with E-state index in [2.05, 4.69) is 61.4 Å². The van der Waals surface area contributed by atoms with Gasteiger partial charge in [0.2, 0.25) is 5.91 Å². The van der Waals surface area contributed by atoms with Crippen molar-refractivity contribution in [3.05, 3.63) is 53.6 Å². The van der Waals surface area contributed by atoms with Crippen molar-refractivity contribution in [3.8, 4) is 0 Å². The number of hydrogen-bond acceptors (Lipinski definition) is 5. The molecule has 1 saturated heterocycles. The second-order valence-corrected chi connectivity index (χ2v) is 7.98. The van der Waals surface area contributed by atoms with E-state index in [0.717, 1.165) is 63.5 Å². The van der Waals surface area contributed by atoms with Gasteiger partial charge in [-0.3, -0.25) is 9.69 Å². The van der Waals surface area contributed by atoms with Crippen LogP contribution in [0, 0.1) is 5.92 Å². The normalized spacial score (nSPS) is 18.3. The van der Waals surface area contributed by atoms with E-state index in [4.69, 9.17) is 4.74 Å². The van der Waals surface area contributed by atoms with E-state index in [1.54, 1.807) is 0 Å². The molecule has 7 nitrogen and oxygen atoms in total. The van der Waals surface area contributed by atoms with Crippen molar-refractivity contribution < 1.29 is 9.53 Å². The van der Waals surface area contributed by atoms with Gasteiger partial charge in [0, 0.05) is 64.7 Å². The minimum atomic E-state index is 0.0896. The van der Waals surface area contributed by atoms with Gasteiger partial charge in [-0.25, -0.2) is 0 Å². The van der Waals surface area contributed by atoms with E-state index in [-0.39, 0.29) is 11.8 Å². The highest BCUT2D eigenvalue weighted by Gasteiger charge is 2.22. The van der Waals surface area contributed by atoms with Crippen LogP contribution in [0.3, 0.4) is 0 Å². The Hall–Kier alpha value is -2.51. The lowest BCUT2D eigenvalue weighted by atomic mass is 9.99. The summed E-state index contributed by atoms with van der Waals surface area (Å²) in [7, 11) is 0.